The van der Waals surface area contributed by atoms with Gasteiger partial charge >= 0.3 is 11.9 Å². The minimum atomic E-state index is -1.17. The third kappa shape index (κ3) is 2.20. The van der Waals surface area contributed by atoms with E-state index in [-0.39, 0.29) is 65.1 Å². The highest BCUT2D eigenvalue weighted by Crippen LogP contribution is 2.77. The van der Waals surface area contributed by atoms with E-state index in [0.717, 1.165) is 0 Å². The molecule has 13 unspecified atom stereocenters. The molecule has 36 heavy (non-hydrogen) atoms. The number of fused-ring (bicyclic) bond motifs is 4. The van der Waals surface area contributed by atoms with Gasteiger partial charge in [0.05, 0.1) is 16.9 Å². The highest BCUT2D eigenvalue weighted by atomic mass is 16.6. The molecule has 2 saturated heterocycles. The lowest BCUT2D eigenvalue weighted by Crippen LogP contribution is -2.59. The van der Waals surface area contributed by atoms with Gasteiger partial charge in [-0.1, -0.05) is 26.5 Å². The number of hydrogen-bond acceptors (Lipinski definition) is 7. The number of esters is 2. The standard InChI is InChI=1S/C29H34O7/c1-12-9-18-22(24(32)27(4)17(12)5-6-19(27)30)29(26(34)35-18)11-15-10-20(31)28(29)8-7-16-13(2)25(33)36-23(16)14(3)21(15)28/h5-6,12,14-18,21-24,32H,2,7-11H2,1,3-4H3. The largest absolute Gasteiger partial charge is 0.461 e. The van der Waals surface area contributed by atoms with Crippen LogP contribution in [0.1, 0.15) is 52.9 Å². The summed E-state index contributed by atoms with van der Waals surface area (Å²) in [5, 5.41) is 12.1. The molecule has 0 aromatic heterocycles. The molecule has 2 heterocycles. The van der Waals surface area contributed by atoms with Gasteiger partial charge in [0.2, 0.25) is 0 Å². The zero-order valence-corrected chi connectivity index (χ0v) is 21.1. The number of allylic oxidation sites excluding steroid dienone is 2. The molecule has 13 atom stereocenters. The average molecular weight is 495 g/mol. The lowest BCUT2D eigenvalue weighted by Gasteiger charge is -2.49. The summed E-state index contributed by atoms with van der Waals surface area (Å²) in [5.74, 6) is -1.97. The molecule has 2 bridgehead atoms. The maximum atomic E-state index is 14.1. The summed E-state index contributed by atoms with van der Waals surface area (Å²) in [4.78, 5) is 53.8. The number of carbonyl (C=O) groups is 4. The molecule has 0 aromatic carbocycles. The van der Waals surface area contributed by atoms with Gasteiger partial charge in [0, 0.05) is 29.2 Å². The number of rotatable bonds is 0. The molecule has 0 radical (unpaired) electrons. The van der Waals surface area contributed by atoms with Crippen molar-refractivity contribution in [3.05, 3.63) is 24.3 Å². The van der Waals surface area contributed by atoms with E-state index >= 15 is 0 Å². The lowest BCUT2D eigenvalue weighted by molar-refractivity contribution is -0.168. The fourth-order valence-electron chi connectivity index (χ4n) is 10.8. The van der Waals surface area contributed by atoms with Gasteiger partial charge in [-0.2, -0.15) is 0 Å². The molecule has 4 saturated carbocycles. The normalized spacial score (nSPS) is 56.7. The number of Topliss-reactive ketones (excluding diaryl/α,β-unsaturated/α-hetero) is 1. The number of aliphatic hydroxyl groups excluding tert-OH is 1. The van der Waals surface area contributed by atoms with Gasteiger partial charge in [0.1, 0.15) is 18.0 Å². The third-order valence-electron chi connectivity index (χ3n) is 12.1. The van der Waals surface area contributed by atoms with E-state index in [1.807, 2.05) is 19.9 Å². The van der Waals surface area contributed by atoms with E-state index in [9.17, 15) is 24.3 Å². The minimum absolute atomic E-state index is 0.0426. The number of hydrogen-bond donors (Lipinski definition) is 1. The smallest absolute Gasteiger partial charge is 0.334 e. The summed E-state index contributed by atoms with van der Waals surface area (Å²) in [6.45, 7) is 9.92. The Morgan fingerprint density at radius 1 is 1.08 bits per heavy atom. The molecular weight excluding hydrogens is 460 g/mol. The van der Waals surface area contributed by atoms with Crippen LogP contribution in [0, 0.1) is 57.7 Å². The van der Waals surface area contributed by atoms with Gasteiger partial charge in [0.25, 0.3) is 0 Å². The van der Waals surface area contributed by atoms with E-state index in [0.29, 0.717) is 37.7 Å². The van der Waals surface area contributed by atoms with E-state index in [1.165, 1.54) is 0 Å². The van der Waals surface area contributed by atoms with Crippen molar-refractivity contribution < 1.29 is 33.8 Å². The van der Waals surface area contributed by atoms with Crippen LogP contribution >= 0.6 is 0 Å². The van der Waals surface area contributed by atoms with Gasteiger partial charge in [-0.05, 0) is 68.3 Å². The van der Waals surface area contributed by atoms with Gasteiger partial charge in [-0.15, -0.1) is 0 Å². The molecule has 1 N–H and O–H groups in total. The topological polar surface area (TPSA) is 107 Å². The van der Waals surface area contributed by atoms with Crippen LogP contribution < -0.4 is 0 Å². The first-order chi connectivity index (χ1) is 17.0. The summed E-state index contributed by atoms with van der Waals surface area (Å²) in [5.41, 5.74) is -2.75. The third-order valence-corrected chi connectivity index (χ3v) is 12.1. The molecule has 1 spiro atoms. The first-order valence-corrected chi connectivity index (χ1v) is 13.5. The lowest BCUT2D eigenvalue weighted by atomic mass is 9.50. The Kier molecular flexibility index (Phi) is 4.30. The monoisotopic (exact) mass is 494 g/mol. The van der Waals surface area contributed by atoms with Crippen molar-refractivity contribution in [2.45, 2.75) is 71.2 Å². The molecule has 7 rings (SSSR count). The quantitative estimate of drug-likeness (QED) is 0.408. The van der Waals surface area contributed by atoms with Crippen molar-refractivity contribution in [3.63, 3.8) is 0 Å². The Labute approximate surface area is 210 Å². The molecule has 0 aromatic rings. The first-order valence-electron chi connectivity index (χ1n) is 13.5. The number of ether oxygens (including phenoxy) is 2. The van der Waals surface area contributed by atoms with Crippen LogP contribution in [-0.4, -0.2) is 46.9 Å². The van der Waals surface area contributed by atoms with Crippen molar-refractivity contribution in [3.8, 4) is 0 Å². The van der Waals surface area contributed by atoms with Gasteiger partial charge in [-0.25, -0.2) is 4.79 Å². The van der Waals surface area contributed by atoms with Crippen LogP contribution in [-0.2, 0) is 28.7 Å². The van der Waals surface area contributed by atoms with Crippen molar-refractivity contribution in [1.82, 2.24) is 0 Å². The fourth-order valence-corrected chi connectivity index (χ4v) is 10.8. The molecule has 0 amide bonds. The second-order valence-corrected chi connectivity index (χ2v) is 13.1. The summed E-state index contributed by atoms with van der Waals surface area (Å²) in [6, 6.07) is 0. The molecule has 2 aliphatic heterocycles. The minimum Gasteiger partial charge on any atom is -0.461 e. The maximum absolute atomic E-state index is 14.1. The Morgan fingerprint density at radius 2 is 1.83 bits per heavy atom. The number of ketones is 2. The van der Waals surface area contributed by atoms with Crippen LogP contribution in [0.2, 0.25) is 0 Å². The molecule has 192 valence electrons. The van der Waals surface area contributed by atoms with Crippen molar-refractivity contribution in [2.24, 2.45) is 57.7 Å². The van der Waals surface area contributed by atoms with Crippen LogP contribution in [0.5, 0.6) is 0 Å². The molecular formula is C29H34O7. The van der Waals surface area contributed by atoms with E-state index in [2.05, 4.69) is 13.5 Å². The van der Waals surface area contributed by atoms with Gasteiger partial charge in [0.15, 0.2) is 5.78 Å². The summed E-state index contributed by atoms with van der Waals surface area (Å²) < 4.78 is 11.9. The fraction of sp³-hybridized carbons (Fsp3) is 0.724. The Bertz CT molecular complexity index is 1170. The van der Waals surface area contributed by atoms with Crippen molar-refractivity contribution in [2.75, 3.05) is 0 Å². The van der Waals surface area contributed by atoms with E-state index < -0.39 is 34.4 Å². The zero-order chi connectivity index (χ0) is 25.5. The van der Waals surface area contributed by atoms with Crippen LogP contribution in [0.3, 0.4) is 0 Å². The first kappa shape index (κ1) is 22.9. The highest BCUT2D eigenvalue weighted by molar-refractivity contribution is 6.00. The molecule has 7 nitrogen and oxygen atoms in total. The van der Waals surface area contributed by atoms with Crippen LogP contribution in [0.15, 0.2) is 24.3 Å². The summed E-state index contributed by atoms with van der Waals surface area (Å²) in [6.07, 6.45) is 3.93. The Morgan fingerprint density at radius 3 is 2.58 bits per heavy atom. The van der Waals surface area contributed by atoms with Gasteiger partial charge in [-0.3, -0.25) is 14.4 Å². The SMILES string of the molecule is C=C1C(=O)OC2C1CCC13C(=O)CC(CC14C(=O)OC1CC(C)C5C=CC(=O)C5(C)C(O)C14)C3C2C. The second-order valence-electron chi connectivity index (χ2n) is 13.1. The van der Waals surface area contributed by atoms with Gasteiger partial charge < -0.3 is 14.6 Å². The summed E-state index contributed by atoms with van der Waals surface area (Å²) >= 11 is 0. The molecule has 5 aliphatic carbocycles. The maximum Gasteiger partial charge on any atom is 0.334 e. The highest BCUT2D eigenvalue weighted by Gasteiger charge is 2.83. The van der Waals surface area contributed by atoms with Crippen LogP contribution in [0.4, 0.5) is 0 Å². The molecule has 6 fully saturated rings. The predicted molar refractivity (Wildman–Crippen MR) is 126 cm³/mol. The Hall–Kier alpha value is -2.28. The van der Waals surface area contributed by atoms with Crippen molar-refractivity contribution in [1.29, 1.82) is 0 Å². The van der Waals surface area contributed by atoms with Crippen LogP contribution in [0.25, 0.3) is 0 Å². The average Bonchev–Trinajstić information content (AvgIpc) is 3.50. The number of carbonyl (C=O) groups excluding carboxylic acids is 4. The second kappa shape index (κ2) is 6.77. The predicted octanol–water partition coefficient (Wildman–Crippen LogP) is 2.80. The molecule has 7 aliphatic rings. The number of aliphatic hydroxyl groups is 1. The Balaban J connectivity index is 1.40. The van der Waals surface area contributed by atoms with Crippen molar-refractivity contribution >= 4 is 23.5 Å². The van der Waals surface area contributed by atoms with E-state index in [1.54, 1.807) is 6.08 Å². The zero-order valence-electron chi connectivity index (χ0n) is 21.1. The van der Waals surface area contributed by atoms with E-state index in [4.69, 9.17) is 9.47 Å². The molecule has 7 heteroatoms. The summed E-state index contributed by atoms with van der Waals surface area (Å²) in [7, 11) is 0.